The van der Waals surface area contributed by atoms with Gasteiger partial charge in [0.15, 0.2) is 0 Å². The fourth-order valence-electron chi connectivity index (χ4n) is 1.95. The van der Waals surface area contributed by atoms with E-state index in [9.17, 15) is 4.79 Å². The van der Waals surface area contributed by atoms with Gasteiger partial charge in [0.1, 0.15) is 11.5 Å². The third kappa shape index (κ3) is 4.10. The van der Waals surface area contributed by atoms with E-state index < -0.39 is 0 Å². The lowest BCUT2D eigenvalue weighted by atomic mass is 10.3. The fraction of sp³-hybridized carbons (Fsp3) is 0.0588. The Kier molecular flexibility index (Phi) is 4.54. The highest BCUT2D eigenvalue weighted by molar-refractivity contribution is 5.92. The van der Waals surface area contributed by atoms with Gasteiger partial charge >= 0.3 is 0 Å². The molecule has 0 spiro atoms. The maximum absolute atomic E-state index is 12.0. The Hall–Kier alpha value is -3.28. The lowest BCUT2D eigenvalue weighted by molar-refractivity contribution is 0.0945. The first-order valence-electron chi connectivity index (χ1n) is 7.12. The lowest BCUT2D eigenvalue weighted by Crippen LogP contribution is -2.24. The molecule has 3 aromatic rings. The van der Waals surface area contributed by atoms with Gasteiger partial charge in [-0.2, -0.15) is 0 Å². The molecule has 114 valence electrons. The van der Waals surface area contributed by atoms with Gasteiger partial charge in [0.2, 0.25) is 0 Å². The molecule has 0 aliphatic heterocycles. The van der Waals surface area contributed by atoms with Gasteiger partial charge in [0.05, 0.1) is 12.4 Å². The van der Waals surface area contributed by atoms with E-state index in [1.54, 1.807) is 12.4 Å². The Bertz CT molecular complexity index is 760. The first kappa shape index (κ1) is 14.6. The summed E-state index contributed by atoms with van der Waals surface area (Å²) in [6.07, 6.45) is 6.38. The standard InChI is InChI=1S/C17H15N5O/c23-17(21-10-13-5-4-8-18-9-13)15-11-20-16(12-19-15)22-14-6-2-1-3-7-14/h1-9,11-12H,10H2,(H,20,22)(H,21,23). The highest BCUT2D eigenvalue weighted by Crippen LogP contribution is 2.12. The van der Waals surface area contributed by atoms with Crippen molar-refractivity contribution in [3.8, 4) is 0 Å². The summed E-state index contributed by atoms with van der Waals surface area (Å²) in [5.74, 6) is 0.313. The number of carbonyl (C=O) groups is 1. The van der Waals surface area contributed by atoms with Crippen LogP contribution in [0.2, 0.25) is 0 Å². The summed E-state index contributed by atoms with van der Waals surface area (Å²) < 4.78 is 0. The molecular weight excluding hydrogens is 290 g/mol. The first-order chi connectivity index (χ1) is 11.3. The van der Waals surface area contributed by atoms with Gasteiger partial charge in [0, 0.05) is 24.6 Å². The number of hydrogen-bond donors (Lipinski definition) is 2. The number of hydrogen-bond acceptors (Lipinski definition) is 5. The molecule has 0 unspecified atom stereocenters. The van der Waals surface area contributed by atoms with Crippen molar-refractivity contribution in [3.05, 3.63) is 78.5 Å². The zero-order chi connectivity index (χ0) is 15.9. The Morgan fingerprint density at radius 2 is 1.83 bits per heavy atom. The smallest absolute Gasteiger partial charge is 0.271 e. The Balaban J connectivity index is 1.59. The largest absolute Gasteiger partial charge is 0.347 e. The Labute approximate surface area is 133 Å². The minimum atomic E-state index is -0.271. The number of para-hydroxylation sites is 1. The monoisotopic (exact) mass is 305 g/mol. The summed E-state index contributed by atoms with van der Waals surface area (Å²) in [4.78, 5) is 24.4. The van der Waals surface area contributed by atoms with Crippen LogP contribution in [0.15, 0.2) is 67.3 Å². The number of carbonyl (C=O) groups excluding carboxylic acids is 1. The molecule has 23 heavy (non-hydrogen) atoms. The summed E-state index contributed by atoms with van der Waals surface area (Å²) in [6, 6.07) is 13.4. The van der Waals surface area contributed by atoms with Crippen LogP contribution in [0, 0.1) is 0 Å². The second-order valence-electron chi connectivity index (χ2n) is 4.82. The molecule has 0 aliphatic rings. The van der Waals surface area contributed by atoms with Crippen molar-refractivity contribution in [3.63, 3.8) is 0 Å². The predicted octanol–water partition coefficient (Wildman–Crippen LogP) is 2.55. The van der Waals surface area contributed by atoms with Crippen molar-refractivity contribution >= 4 is 17.4 Å². The summed E-state index contributed by atoms with van der Waals surface area (Å²) in [5, 5.41) is 5.90. The molecule has 0 aliphatic carbocycles. The van der Waals surface area contributed by atoms with E-state index in [0.717, 1.165) is 11.3 Å². The van der Waals surface area contributed by atoms with Crippen molar-refractivity contribution < 1.29 is 4.79 Å². The number of anilines is 2. The SMILES string of the molecule is O=C(NCc1cccnc1)c1cnc(Nc2ccccc2)cn1. The molecule has 1 aromatic carbocycles. The Morgan fingerprint density at radius 1 is 0.957 bits per heavy atom. The van der Waals surface area contributed by atoms with Crippen LogP contribution in [0.25, 0.3) is 0 Å². The average Bonchev–Trinajstić information content (AvgIpc) is 2.62. The highest BCUT2D eigenvalue weighted by Gasteiger charge is 2.07. The van der Waals surface area contributed by atoms with E-state index in [0.29, 0.717) is 12.4 Å². The van der Waals surface area contributed by atoms with E-state index in [-0.39, 0.29) is 11.6 Å². The molecule has 2 aromatic heterocycles. The van der Waals surface area contributed by atoms with E-state index in [2.05, 4.69) is 25.6 Å². The van der Waals surface area contributed by atoms with Crippen LogP contribution < -0.4 is 10.6 Å². The molecule has 2 N–H and O–H groups in total. The molecule has 0 radical (unpaired) electrons. The van der Waals surface area contributed by atoms with Gasteiger partial charge in [-0.25, -0.2) is 9.97 Å². The lowest BCUT2D eigenvalue weighted by Gasteiger charge is -2.06. The predicted molar refractivity (Wildman–Crippen MR) is 87.2 cm³/mol. The van der Waals surface area contributed by atoms with Crippen molar-refractivity contribution in [2.45, 2.75) is 6.54 Å². The minimum Gasteiger partial charge on any atom is -0.347 e. The zero-order valence-corrected chi connectivity index (χ0v) is 12.3. The normalized spacial score (nSPS) is 10.1. The molecule has 6 heteroatoms. The minimum absolute atomic E-state index is 0.271. The van der Waals surface area contributed by atoms with Crippen LogP contribution in [0.4, 0.5) is 11.5 Å². The first-order valence-corrected chi connectivity index (χ1v) is 7.12. The van der Waals surface area contributed by atoms with Gasteiger partial charge in [-0.05, 0) is 23.8 Å². The maximum atomic E-state index is 12.0. The van der Waals surface area contributed by atoms with Crippen LogP contribution in [0.5, 0.6) is 0 Å². The number of nitrogens with zero attached hydrogens (tertiary/aromatic N) is 3. The van der Waals surface area contributed by atoms with Crippen LogP contribution in [0.1, 0.15) is 16.1 Å². The van der Waals surface area contributed by atoms with Gasteiger partial charge in [-0.15, -0.1) is 0 Å². The fourth-order valence-corrected chi connectivity index (χ4v) is 1.95. The number of nitrogens with one attached hydrogen (secondary N) is 2. The van der Waals surface area contributed by atoms with Crippen molar-refractivity contribution in [1.29, 1.82) is 0 Å². The molecule has 0 fully saturated rings. The molecule has 0 bridgehead atoms. The number of aromatic nitrogens is 3. The van der Waals surface area contributed by atoms with Gasteiger partial charge in [-0.3, -0.25) is 9.78 Å². The van der Waals surface area contributed by atoms with Gasteiger partial charge in [-0.1, -0.05) is 24.3 Å². The van der Waals surface area contributed by atoms with Crippen molar-refractivity contribution in [2.24, 2.45) is 0 Å². The Morgan fingerprint density at radius 3 is 2.52 bits per heavy atom. The van der Waals surface area contributed by atoms with Gasteiger partial charge < -0.3 is 10.6 Å². The molecule has 3 rings (SSSR count). The summed E-state index contributed by atoms with van der Waals surface area (Å²) in [7, 11) is 0. The third-order valence-corrected chi connectivity index (χ3v) is 3.11. The van der Waals surface area contributed by atoms with E-state index >= 15 is 0 Å². The number of rotatable bonds is 5. The summed E-state index contributed by atoms with van der Waals surface area (Å²) in [6.45, 7) is 0.401. The van der Waals surface area contributed by atoms with Crippen LogP contribution >= 0.6 is 0 Å². The summed E-state index contributed by atoms with van der Waals surface area (Å²) >= 11 is 0. The van der Waals surface area contributed by atoms with Crippen molar-refractivity contribution in [2.75, 3.05) is 5.32 Å². The van der Waals surface area contributed by atoms with E-state index in [1.807, 2.05) is 42.5 Å². The highest BCUT2D eigenvalue weighted by atomic mass is 16.1. The van der Waals surface area contributed by atoms with E-state index in [4.69, 9.17) is 0 Å². The van der Waals surface area contributed by atoms with Crippen LogP contribution in [-0.2, 0) is 6.54 Å². The topological polar surface area (TPSA) is 79.8 Å². The van der Waals surface area contributed by atoms with Crippen LogP contribution in [-0.4, -0.2) is 20.9 Å². The molecular formula is C17H15N5O. The quantitative estimate of drug-likeness (QED) is 0.757. The maximum Gasteiger partial charge on any atom is 0.271 e. The molecule has 0 saturated carbocycles. The molecule has 1 amide bonds. The molecule has 0 saturated heterocycles. The second kappa shape index (κ2) is 7.13. The third-order valence-electron chi connectivity index (χ3n) is 3.11. The van der Waals surface area contributed by atoms with Crippen molar-refractivity contribution in [1.82, 2.24) is 20.3 Å². The zero-order valence-electron chi connectivity index (χ0n) is 12.3. The summed E-state index contributed by atoms with van der Waals surface area (Å²) in [5.41, 5.74) is 2.11. The molecule has 6 nitrogen and oxygen atoms in total. The molecule has 0 atom stereocenters. The second-order valence-corrected chi connectivity index (χ2v) is 4.82. The average molecular weight is 305 g/mol. The number of benzene rings is 1. The van der Waals surface area contributed by atoms with Crippen LogP contribution in [0.3, 0.4) is 0 Å². The van der Waals surface area contributed by atoms with E-state index in [1.165, 1.54) is 12.4 Å². The van der Waals surface area contributed by atoms with Gasteiger partial charge in [0.25, 0.3) is 5.91 Å². The molecule has 2 heterocycles. The number of amides is 1. The number of pyridine rings is 1.